The summed E-state index contributed by atoms with van der Waals surface area (Å²) < 4.78 is 27.3. The summed E-state index contributed by atoms with van der Waals surface area (Å²) in [6.07, 6.45) is 2.83. The summed E-state index contributed by atoms with van der Waals surface area (Å²) >= 11 is 0. The minimum absolute atomic E-state index is 0.00899. The molecule has 0 aliphatic rings. The number of H-pyrrole nitrogens is 1. The summed E-state index contributed by atoms with van der Waals surface area (Å²) in [5.74, 6) is -0.394. The van der Waals surface area contributed by atoms with Crippen molar-refractivity contribution in [2.24, 2.45) is 0 Å². The van der Waals surface area contributed by atoms with Crippen LogP contribution in [0.3, 0.4) is 0 Å². The minimum atomic E-state index is -3.82. The van der Waals surface area contributed by atoms with Gasteiger partial charge in [0.2, 0.25) is 5.43 Å². The smallest absolute Gasteiger partial charge is 0.263 e. The van der Waals surface area contributed by atoms with Crippen molar-refractivity contribution in [1.29, 1.82) is 0 Å². The van der Waals surface area contributed by atoms with Crippen LogP contribution in [0.25, 0.3) is 10.9 Å². The maximum Gasteiger partial charge on any atom is 0.263 e. The molecule has 0 radical (unpaired) electrons. The van der Waals surface area contributed by atoms with Crippen LogP contribution in [0.2, 0.25) is 0 Å². The molecule has 2 aromatic heterocycles. The Hall–Kier alpha value is -3.98. The minimum Gasteiger partial charge on any atom is -0.360 e. The molecule has 1 amide bonds. The van der Waals surface area contributed by atoms with E-state index in [4.69, 9.17) is 0 Å². The molecule has 4 rings (SSSR count). The summed E-state index contributed by atoms with van der Waals surface area (Å²) in [6, 6.07) is 17.4. The number of rotatable bonds is 5. The van der Waals surface area contributed by atoms with Crippen LogP contribution in [0.5, 0.6) is 0 Å². The van der Waals surface area contributed by atoms with Crippen molar-refractivity contribution in [3.8, 4) is 0 Å². The number of fused-ring (bicyclic) bond motifs is 1. The number of hydrogen-bond donors (Lipinski definition) is 3. The van der Waals surface area contributed by atoms with E-state index in [1.54, 1.807) is 36.4 Å². The molecule has 0 spiro atoms. The third kappa shape index (κ3) is 3.91. The largest absolute Gasteiger partial charge is 0.360 e. The molecule has 4 aromatic rings. The molecule has 2 heterocycles. The van der Waals surface area contributed by atoms with E-state index in [2.05, 4.69) is 20.0 Å². The molecule has 2 aromatic carbocycles. The van der Waals surface area contributed by atoms with Gasteiger partial charge in [-0.05, 0) is 48.5 Å². The Morgan fingerprint density at radius 2 is 1.67 bits per heavy atom. The van der Waals surface area contributed by atoms with Crippen molar-refractivity contribution in [3.05, 3.63) is 94.9 Å². The lowest BCUT2D eigenvalue weighted by Crippen LogP contribution is -2.22. The van der Waals surface area contributed by atoms with Crippen LogP contribution in [-0.4, -0.2) is 24.3 Å². The number of nitrogens with zero attached hydrogens (tertiary/aromatic N) is 1. The number of aromatic nitrogens is 2. The second-order valence-electron chi connectivity index (χ2n) is 6.38. The molecule has 0 aliphatic heterocycles. The number of benzene rings is 2. The number of para-hydroxylation sites is 1. The van der Waals surface area contributed by atoms with Gasteiger partial charge >= 0.3 is 0 Å². The van der Waals surface area contributed by atoms with Gasteiger partial charge in [-0.25, -0.2) is 13.4 Å². The van der Waals surface area contributed by atoms with Crippen molar-refractivity contribution in [2.75, 3.05) is 10.0 Å². The standard InChI is InChI=1S/C21H16N4O4S/c26-20-16-5-1-2-6-18(16)23-13-17(20)21(27)24-14-8-10-15(11-9-14)30(28,29)25-19-7-3-4-12-22-19/h1-13H,(H,22,25)(H,23,26)(H,24,27). The van der Waals surface area contributed by atoms with E-state index in [9.17, 15) is 18.0 Å². The molecule has 0 atom stereocenters. The molecule has 0 bridgehead atoms. The third-order valence-electron chi connectivity index (χ3n) is 4.36. The van der Waals surface area contributed by atoms with Crippen LogP contribution in [-0.2, 0) is 10.0 Å². The van der Waals surface area contributed by atoms with Crippen molar-refractivity contribution < 1.29 is 13.2 Å². The molecule has 0 fully saturated rings. The number of sulfonamides is 1. The van der Waals surface area contributed by atoms with E-state index in [1.807, 2.05) is 0 Å². The van der Waals surface area contributed by atoms with Crippen LogP contribution in [0.4, 0.5) is 11.5 Å². The van der Waals surface area contributed by atoms with Crippen molar-refractivity contribution in [3.63, 3.8) is 0 Å². The van der Waals surface area contributed by atoms with Crippen molar-refractivity contribution in [1.82, 2.24) is 9.97 Å². The van der Waals surface area contributed by atoms with Crippen LogP contribution in [0.1, 0.15) is 10.4 Å². The average Bonchev–Trinajstić information content (AvgIpc) is 2.75. The fraction of sp³-hybridized carbons (Fsp3) is 0. The van der Waals surface area contributed by atoms with Gasteiger partial charge in [0, 0.05) is 29.0 Å². The summed E-state index contributed by atoms with van der Waals surface area (Å²) in [7, 11) is -3.82. The Labute approximate surface area is 171 Å². The van der Waals surface area contributed by atoms with E-state index in [0.29, 0.717) is 16.6 Å². The maximum absolute atomic E-state index is 12.5. The van der Waals surface area contributed by atoms with Gasteiger partial charge in [-0.3, -0.25) is 14.3 Å². The molecule has 0 aliphatic carbocycles. The fourth-order valence-corrected chi connectivity index (χ4v) is 3.88. The van der Waals surface area contributed by atoms with E-state index >= 15 is 0 Å². The van der Waals surface area contributed by atoms with E-state index in [-0.39, 0.29) is 21.7 Å². The van der Waals surface area contributed by atoms with Crippen LogP contribution < -0.4 is 15.5 Å². The number of carbonyl (C=O) groups is 1. The monoisotopic (exact) mass is 420 g/mol. The molecule has 30 heavy (non-hydrogen) atoms. The van der Waals surface area contributed by atoms with E-state index < -0.39 is 15.9 Å². The lowest BCUT2D eigenvalue weighted by atomic mass is 10.1. The molecule has 0 saturated carbocycles. The Balaban J connectivity index is 1.53. The second-order valence-corrected chi connectivity index (χ2v) is 8.06. The normalized spacial score (nSPS) is 11.2. The highest BCUT2D eigenvalue weighted by Crippen LogP contribution is 2.17. The first-order valence-electron chi connectivity index (χ1n) is 8.90. The number of nitrogens with one attached hydrogen (secondary N) is 3. The van der Waals surface area contributed by atoms with Gasteiger partial charge in [0.1, 0.15) is 11.4 Å². The molecule has 8 nitrogen and oxygen atoms in total. The van der Waals surface area contributed by atoms with Gasteiger partial charge in [-0.2, -0.15) is 0 Å². The molecule has 3 N–H and O–H groups in total. The van der Waals surface area contributed by atoms with E-state index in [0.717, 1.165) is 0 Å². The Morgan fingerprint density at radius 1 is 0.933 bits per heavy atom. The quantitative estimate of drug-likeness (QED) is 0.458. The summed E-state index contributed by atoms with van der Waals surface area (Å²) in [5, 5.41) is 3.02. The molecular formula is C21H16N4O4S. The molecule has 9 heteroatoms. The zero-order chi connectivity index (χ0) is 21.1. The molecular weight excluding hydrogens is 404 g/mol. The highest BCUT2D eigenvalue weighted by Gasteiger charge is 2.16. The summed E-state index contributed by atoms with van der Waals surface area (Å²) in [6.45, 7) is 0. The first-order valence-corrected chi connectivity index (χ1v) is 10.4. The predicted octanol–water partition coefficient (Wildman–Crippen LogP) is 2.98. The molecule has 0 unspecified atom stereocenters. The zero-order valence-electron chi connectivity index (χ0n) is 15.5. The molecule has 150 valence electrons. The fourth-order valence-electron chi connectivity index (χ4n) is 2.87. The van der Waals surface area contributed by atoms with Crippen LogP contribution in [0, 0.1) is 0 Å². The average molecular weight is 420 g/mol. The van der Waals surface area contributed by atoms with Gasteiger partial charge in [0.15, 0.2) is 0 Å². The summed E-state index contributed by atoms with van der Waals surface area (Å²) in [4.78, 5) is 31.9. The number of hydrogen-bond acceptors (Lipinski definition) is 5. The van der Waals surface area contributed by atoms with Crippen molar-refractivity contribution in [2.45, 2.75) is 4.90 Å². The highest BCUT2D eigenvalue weighted by atomic mass is 32.2. The Morgan fingerprint density at radius 3 is 2.40 bits per heavy atom. The van der Waals surface area contributed by atoms with E-state index in [1.165, 1.54) is 42.7 Å². The first-order chi connectivity index (χ1) is 14.4. The van der Waals surface area contributed by atoms with Gasteiger partial charge < -0.3 is 10.3 Å². The summed E-state index contributed by atoms with van der Waals surface area (Å²) in [5.41, 5.74) is 0.557. The van der Waals surface area contributed by atoms with Gasteiger partial charge in [0.25, 0.3) is 15.9 Å². The number of amides is 1. The van der Waals surface area contributed by atoms with Crippen molar-refractivity contribution >= 4 is 38.3 Å². The zero-order valence-corrected chi connectivity index (χ0v) is 16.3. The maximum atomic E-state index is 12.5. The lowest BCUT2D eigenvalue weighted by Gasteiger charge is -2.09. The van der Waals surface area contributed by atoms with Crippen LogP contribution >= 0.6 is 0 Å². The second kappa shape index (κ2) is 7.80. The van der Waals surface area contributed by atoms with Crippen LogP contribution in [0.15, 0.2) is 88.8 Å². The predicted molar refractivity (Wildman–Crippen MR) is 114 cm³/mol. The first kappa shape index (κ1) is 19.3. The number of anilines is 2. The number of carbonyl (C=O) groups excluding carboxylic acids is 1. The highest BCUT2D eigenvalue weighted by molar-refractivity contribution is 7.92. The topological polar surface area (TPSA) is 121 Å². The molecule has 0 saturated heterocycles. The number of pyridine rings is 2. The lowest BCUT2D eigenvalue weighted by molar-refractivity contribution is 0.102. The van der Waals surface area contributed by atoms with Gasteiger partial charge in [-0.15, -0.1) is 0 Å². The Bertz CT molecular complexity index is 1380. The van der Waals surface area contributed by atoms with Gasteiger partial charge in [0.05, 0.1) is 4.90 Å². The Kier molecular flexibility index (Phi) is 5.03. The van der Waals surface area contributed by atoms with Gasteiger partial charge in [-0.1, -0.05) is 18.2 Å². The SMILES string of the molecule is O=C(Nc1ccc(S(=O)(=O)Nc2ccccn2)cc1)c1c[nH]c2ccccc2c1=O. The third-order valence-corrected chi connectivity index (χ3v) is 5.73. The number of aromatic amines is 1.